The molecule has 0 unspecified atom stereocenters. The van der Waals surface area contributed by atoms with Crippen molar-refractivity contribution >= 4 is 28.9 Å². The van der Waals surface area contributed by atoms with Crippen molar-refractivity contribution in [1.29, 1.82) is 0 Å². The van der Waals surface area contributed by atoms with Gasteiger partial charge in [0.1, 0.15) is 0 Å². The maximum Gasteiger partial charge on any atom is 0.172 e. The molecule has 0 spiro atoms. The summed E-state index contributed by atoms with van der Waals surface area (Å²) in [5, 5.41) is 2.08. The summed E-state index contributed by atoms with van der Waals surface area (Å²) in [4.78, 5) is 13.9. The van der Waals surface area contributed by atoms with E-state index in [-0.39, 0.29) is 5.78 Å². The number of thiophene rings is 1. The largest absolute Gasteiger partial charge is 0.293 e. The molecule has 1 aromatic heterocycles. The molecule has 0 radical (unpaired) electrons. The normalized spacial score (nSPS) is 10.8. The summed E-state index contributed by atoms with van der Waals surface area (Å²) in [5.74, 6) is 1.43. The zero-order chi connectivity index (χ0) is 15.8. The summed E-state index contributed by atoms with van der Waals surface area (Å²) in [7, 11) is 0. The number of ketones is 1. The minimum absolute atomic E-state index is 0.232. The van der Waals surface area contributed by atoms with Gasteiger partial charge in [-0.05, 0) is 46.9 Å². The molecule has 0 aliphatic heterocycles. The Kier molecular flexibility index (Phi) is 7.20. The number of benzene rings is 1. The highest BCUT2D eigenvalue weighted by molar-refractivity contribution is 7.99. The highest BCUT2D eigenvalue weighted by atomic mass is 32.2. The van der Waals surface area contributed by atoms with Gasteiger partial charge in [0, 0.05) is 11.3 Å². The maximum atomic E-state index is 11.7. The molecule has 0 aliphatic rings. The monoisotopic (exact) mass is 332 g/mol. The third kappa shape index (κ3) is 4.99. The van der Waals surface area contributed by atoms with Crippen LogP contribution in [0.15, 0.2) is 40.6 Å². The number of carbonyl (C=O) groups excluding carboxylic acids is 1. The second kappa shape index (κ2) is 9.16. The van der Waals surface area contributed by atoms with Crippen LogP contribution >= 0.6 is 23.1 Å². The van der Waals surface area contributed by atoms with Gasteiger partial charge in [-0.15, -0.1) is 23.1 Å². The Balaban J connectivity index is 1.91. The zero-order valence-corrected chi connectivity index (χ0v) is 15.1. The number of hydrogen-bond donors (Lipinski definition) is 0. The van der Waals surface area contributed by atoms with Gasteiger partial charge in [-0.25, -0.2) is 0 Å². The summed E-state index contributed by atoms with van der Waals surface area (Å²) >= 11 is 3.48. The Morgan fingerprint density at radius 2 is 1.82 bits per heavy atom. The molecule has 2 rings (SSSR count). The van der Waals surface area contributed by atoms with Crippen molar-refractivity contribution in [2.75, 3.05) is 5.75 Å². The smallest absolute Gasteiger partial charge is 0.172 e. The molecule has 0 atom stereocenters. The first-order chi connectivity index (χ1) is 10.7. The summed E-state index contributed by atoms with van der Waals surface area (Å²) in [6.07, 6.45) is 5.85. The standard InChI is InChI=1S/C19H24OS2/c1-3-5-6-7-12-21-17-10-8-15(9-11-17)16-13-19(22-14-16)18(20)4-2/h8-11,13-14H,3-7,12H2,1-2H3. The molecule has 1 nitrogen and oxygen atoms in total. The van der Waals surface area contributed by atoms with Crippen molar-refractivity contribution < 1.29 is 4.79 Å². The predicted octanol–water partition coefficient (Wildman–Crippen LogP) is 6.68. The van der Waals surface area contributed by atoms with Crippen molar-refractivity contribution in [3.05, 3.63) is 40.6 Å². The predicted molar refractivity (Wildman–Crippen MR) is 99.2 cm³/mol. The molecule has 2 aromatic rings. The van der Waals surface area contributed by atoms with Gasteiger partial charge in [0.05, 0.1) is 4.88 Å². The van der Waals surface area contributed by atoms with E-state index in [1.54, 1.807) is 11.3 Å². The van der Waals surface area contributed by atoms with E-state index < -0.39 is 0 Å². The van der Waals surface area contributed by atoms with Crippen LogP contribution < -0.4 is 0 Å². The number of unbranched alkanes of at least 4 members (excludes halogenated alkanes) is 3. The average Bonchev–Trinajstić information content (AvgIpc) is 3.04. The molecule has 0 N–H and O–H groups in total. The van der Waals surface area contributed by atoms with E-state index in [0.717, 1.165) is 10.4 Å². The fourth-order valence-corrected chi connectivity index (χ4v) is 4.11. The van der Waals surface area contributed by atoms with Crippen LogP contribution in [0.4, 0.5) is 0 Å². The van der Waals surface area contributed by atoms with Crippen molar-refractivity contribution in [2.24, 2.45) is 0 Å². The summed E-state index contributed by atoms with van der Waals surface area (Å²) in [6, 6.07) is 10.7. The van der Waals surface area contributed by atoms with E-state index in [2.05, 4.69) is 36.6 Å². The molecule has 0 fully saturated rings. The highest BCUT2D eigenvalue weighted by Gasteiger charge is 2.08. The van der Waals surface area contributed by atoms with Crippen LogP contribution in [-0.2, 0) is 0 Å². The highest BCUT2D eigenvalue weighted by Crippen LogP contribution is 2.29. The van der Waals surface area contributed by atoms with Crippen LogP contribution in [-0.4, -0.2) is 11.5 Å². The second-order valence-electron chi connectivity index (χ2n) is 5.41. The first kappa shape index (κ1) is 17.3. The van der Waals surface area contributed by atoms with Gasteiger partial charge in [0.25, 0.3) is 0 Å². The van der Waals surface area contributed by atoms with E-state index in [0.29, 0.717) is 6.42 Å². The molecule has 22 heavy (non-hydrogen) atoms. The van der Waals surface area contributed by atoms with Gasteiger partial charge < -0.3 is 0 Å². The third-order valence-electron chi connectivity index (χ3n) is 3.65. The van der Waals surface area contributed by atoms with Crippen LogP contribution in [0, 0.1) is 0 Å². The minimum Gasteiger partial charge on any atom is -0.293 e. The van der Waals surface area contributed by atoms with Crippen molar-refractivity contribution in [2.45, 2.75) is 50.8 Å². The van der Waals surface area contributed by atoms with Crippen molar-refractivity contribution in [1.82, 2.24) is 0 Å². The van der Waals surface area contributed by atoms with Gasteiger partial charge >= 0.3 is 0 Å². The average molecular weight is 333 g/mol. The molecule has 0 saturated heterocycles. The lowest BCUT2D eigenvalue weighted by molar-refractivity contribution is 0.0992. The molecule has 1 aromatic carbocycles. The molecule has 0 aliphatic carbocycles. The Hall–Kier alpha value is -1.06. The van der Waals surface area contributed by atoms with E-state index in [1.165, 1.54) is 41.9 Å². The van der Waals surface area contributed by atoms with E-state index in [4.69, 9.17) is 0 Å². The maximum absolute atomic E-state index is 11.7. The van der Waals surface area contributed by atoms with Gasteiger partial charge in [-0.2, -0.15) is 0 Å². The molecular weight excluding hydrogens is 308 g/mol. The molecular formula is C19H24OS2. The second-order valence-corrected chi connectivity index (χ2v) is 7.49. The van der Waals surface area contributed by atoms with Crippen LogP contribution in [0.5, 0.6) is 0 Å². The fourth-order valence-electron chi connectivity index (χ4n) is 2.27. The number of hydrogen-bond acceptors (Lipinski definition) is 3. The Labute approximate surface area is 142 Å². The number of Topliss-reactive ketones (excluding diaryl/α,β-unsaturated/α-hetero) is 1. The van der Waals surface area contributed by atoms with E-state index in [1.807, 2.05) is 24.8 Å². The van der Waals surface area contributed by atoms with Gasteiger partial charge in [0.15, 0.2) is 5.78 Å². The molecule has 0 amide bonds. The molecule has 0 saturated carbocycles. The van der Waals surface area contributed by atoms with Gasteiger partial charge in [-0.3, -0.25) is 4.79 Å². The number of carbonyl (C=O) groups is 1. The van der Waals surface area contributed by atoms with E-state index in [9.17, 15) is 4.79 Å². The lowest BCUT2D eigenvalue weighted by Crippen LogP contribution is -1.90. The Morgan fingerprint density at radius 1 is 1.05 bits per heavy atom. The van der Waals surface area contributed by atoms with Crippen LogP contribution in [0.25, 0.3) is 11.1 Å². The first-order valence-corrected chi connectivity index (χ1v) is 9.96. The Morgan fingerprint density at radius 3 is 2.50 bits per heavy atom. The van der Waals surface area contributed by atoms with Crippen LogP contribution in [0.1, 0.15) is 55.6 Å². The number of rotatable bonds is 9. The lowest BCUT2D eigenvalue weighted by atomic mass is 10.1. The summed E-state index contributed by atoms with van der Waals surface area (Å²) in [5.41, 5.74) is 2.35. The summed E-state index contributed by atoms with van der Waals surface area (Å²) < 4.78 is 0. The molecule has 1 heterocycles. The fraction of sp³-hybridized carbons (Fsp3) is 0.421. The van der Waals surface area contributed by atoms with Gasteiger partial charge in [0.2, 0.25) is 0 Å². The van der Waals surface area contributed by atoms with Crippen LogP contribution in [0.2, 0.25) is 0 Å². The molecule has 118 valence electrons. The minimum atomic E-state index is 0.232. The van der Waals surface area contributed by atoms with Crippen molar-refractivity contribution in [3.63, 3.8) is 0 Å². The van der Waals surface area contributed by atoms with Crippen molar-refractivity contribution in [3.8, 4) is 11.1 Å². The lowest BCUT2D eigenvalue weighted by Gasteiger charge is -2.03. The molecule has 3 heteroatoms. The van der Waals surface area contributed by atoms with Crippen LogP contribution in [0.3, 0.4) is 0 Å². The third-order valence-corrected chi connectivity index (χ3v) is 5.72. The number of thioether (sulfide) groups is 1. The SMILES string of the molecule is CCCCCCSc1ccc(-c2csc(C(=O)CC)c2)cc1. The van der Waals surface area contributed by atoms with Gasteiger partial charge in [-0.1, -0.05) is 45.2 Å². The quantitative estimate of drug-likeness (QED) is 0.289. The topological polar surface area (TPSA) is 17.1 Å². The molecule has 0 bridgehead atoms. The zero-order valence-electron chi connectivity index (χ0n) is 13.4. The Bertz CT molecular complexity index is 584. The van der Waals surface area contributed by atoms with E-state index >= 15 is 0 Å². The summed E-state index contributed by atoms with van der Waals surface area (Å²) in [6.45, 7) is 4.16. The first-order valence-electron chi connectivity index (χ1n) is 8.09.